The monoisotopic (exact) mass is 388 g/mol. The number of hydrogen-bond donors (Lipinski definition) is 0. The quantitative estimate of drug-likeness (QED) is 0.319. The van der Waals surface area contributed by atoms with Gasteiger partial charge in [0.15, 0.2) is 0 Å². The highest BCUT2D eigenvalue weighted by Crippen LogP contribution is 2.72. The van der Waals surface area contributed by atoms with Gasteiger partial charge in [0.1, 0.15) is 0 Å². The summed E-state index contributed by atoms with van der Waals surface area (Å²) < 4.78 is 5.96. The van der Waals surface area contributed by atoms with Crippen molar-refractivity contribution in [2.75, 3.05) is 6.23 Å². The lowest BCUT2D eigenvalue weighted by atomic mass is 9.41. The van der Waals surface area contributed by atoms with E-state index < -0.39 is 8.07 Å². The molecule has 4 aliphatic carbocycles. The van der Waals surface area contributed by atoms with Crippen LogP contribution in [0.1, 0.15) is 71.6 Å². The highest BCUT2D eigenvalue weighted by molar-refractivity contribution is 6.76. The predicted molar refractivity (Wildman–Crippen MR) is 114 cm³/mol. The van der Waals surface area contributed by atoms with Crippen LogP contribution in [0.15, 0.2) is 12.2 Å². The van der Waals surface area contributed by atoms with Crippen LogP contribution in [0.2, 0.25) is 19.6 Å². The molecule has 2 nitrogen and oxygen atoms in total. The van der Waals surface area contributed by atoms with Gasteiger partial charge in [-0.2, -0.15) is 0 Å². The van der Waals surface area contributed by atoms with Crippen molar-refractivity contribution >= 4 is 14.0 Å². The second-order valence-corrected chi connectivity index (χ2v) is 17.6. The van der Waals surface area contributed by atoms with Crippen molar-refractivity contribution in [2.45, 2.75) is 91.3 Å². The van der Waals surface area contributed by atoms with Crippen LogP contribution in [0.5, 0.6) is 0 Å². The summed E-state index contributed by atoms with van der Waals surface area (Å²) in [4.78, 5) is 13.3. The molecule has 0 aromatic rings. The number of rotatable bonds is 3. The van der Waals surface area contributed by atoms with Gasteiger partial charge in [-0.05, 0) is 86.9 Å². The summed E-state index contributed by atoms with van der Waals surface area (Å²) in [6.07, 6.45) is 12.0. The fraction of sp³-hybridized carbons (Fsp3) is 0.875. The van der Waals surface area contributed by atoms with Crippen LogP contribution < -0.4 is 0 Å². The Morgan fingerprint density at radius 1 is 1.11 bits per heavy atom. The molecule has 4 aliphatic rings. The first-order chi connectivity index (χ1) is 12.5. The van der Waals surface area contributed by atoms with Crippen LogP contribution in [-0.4, -0.2) is 20.3 Å². The first kappa shape index (κ1) is 19.7. The van der Waals surface area contributed by atoms with E-state index in [0.29, 0.717) is 23.0 Å². The van der Waals surface area contributed by atoms with E-state index in [1.165, 1.54) is 56.9 Å². The molecule has 0 N–H and O–H groups in total. The van der Waals surface area contributed by atoms with E-state index in [9.17, 15) is 4.79 Å². The zero-order valence-electron chi connectivity index (χ0n) is 18.3. The predicted octanol–water partition coefficient (Wildman–Crippen LogP) is 6.38. The second-order valence-electron chi connectivity index (χ2n) is 12.2. The summed E-state index contributed by atoms with van der Waals surface area (Å²) >= 11 is 0. The van der Waals surface area contributed by atoms with Crippen LogP contribution in [0.25, 0.3) is 0 Å². The van der Waals surface area contributed by atoms with Crippen LogP contribution in [0, 0.1) is 34.0 Å². The summed E-state index contributed by atoms with van der Waals surface area (Å²) in [5.74, 6) is 2.18. The normalized spacial score (nSPS) is 46.6. The van der Waals surface area contributed by atoms with E-state index in [1.807, 2.05) is 0 Å². The number of carbonyl (C=O) groups is 1. The highest BCUT2D eigenvalue weighted by Gasteiger charge is 2.65. The second kappa shape index (κ2) is 6.21. The number of esters is 1. The third-order valence-corrected chi connectivity index (χ3v) is 10.2. The Labute approximate surface area is 167 Å². The maximum atomic E-state index is 13.3. The van der Waals surface area contributed by atoms with Crippen molar-refractivity contribution in [1.82, 2.24) is 0 Å². The zero-order valence-corrected chi connectivity index (χ0v) is 19.3. The third kappa shape index (κ3) is 2.98. The van der Waals surface area contributed by atoms with E-state index >= 15 is 0 Å². The minimum atomic E-state index is -1.38. The molecule has 0 aromatic carbocycles. The van der Waals surface area contributed by atoms with Gasteiger partial charge in [-0.15, -0.1) is 0 Å². The van der Waals surface area contributed by atoms with Crippen molar-refractivity contribution in [2.24, 2.45) is 34.0 Å². The average molecular weight is 389 g/mol. The molecule has 0 saturated heterocycles. The summed E-state index contributed by atoms with van der Waals surface area (Å²) in [5, 5.41) is 0. The average Bonchev–Trinajstić information content (AvgIpc) is 2.80. The Morgan fingerprint density at radius 2 is 1.85 bits per heavy atom. The van der Waals surface area contributed by atoms with Crippen molar-refractivity contribution in [3.05, 3.63) is 12.2 Å². The smallest absolute Gasteiger partial charge is 0.311 e. The SMILES string of the molecule is C=C1C[C@@]23CC[C@H]4[C@@](C)(CCC[C@@]4(C)C(=O)OC[Si](C)(C)C)[C@@H]2CC[C@@H]1C3. The van der Waals surface area contributed by atoms with Crippen molar-refractivity contribution < 1.29 is 9.53 Å². The van der Waals surface area contributed by atoms with Gasteiger partial charge in [-0.25, -0.2) is 0 Å². The molecule has 0 heterocycles. The van der Waals surface area contributed by atoms with Gasteiger partial charge in [0.25, 0.3) is 0 Å². The van der Waals surface area contributed by atoms with Crippen LogP contribution >= 0.6 is 0 Å². The topological polar surface area (TPSA) is 26.3 Å². The molecule has 4 saturated carbocycles. The van der Waals surface area contributed by atoms with E-state index in [0.717, 1.165) is 18.3 Å². The molecule has 152 valence electrons. The molecule has 0 aromatic heterocycles. The molecule has 2 bridgehead atoms. The Hall–Kier alpha value is -0.573. The Morgan fingerprint density at radius 3 is 2.56 bits per heavy atom. The lowest BCUT2D eigenvalue weighted by Crippen LogP contribution is -2.58. The van der Waals surface area contributed by atoms with Gasteiger partial charge in [0, 0.05) is 0 Å². The first-order valence-electron chi connectivity index (χ1n) is 11.4. The fourth-order valence-corrected chi connectivity index (χ4v) is 8.61. The van der Waals surface area contributed by atoms with Gasteiger partial charge >= 0.3 is 5.97 Å². The lowest BCUT2D eigenvalue weighted by molar-refractivity contribution is -0.184. The van der Waals surface area contributed by atoms with Gasteiger partial charge in [-0.3, -0.25) is 4.79 Å². The first-order valence-corrected chi connectivity index (χ1v) is 15.1. The van der Waals surface area contributed by atoms with Crippen molar-refractivity contribution in [3.8, 4) is 0 Å². The maximum Gasteiger partial charge on any atom is 0.311 e. The number of hydrogen-bond acceptors (Lipinski definition) is 2. The molecular weight excluding hydrogens is 348 g/mol. The summed E-state index contributed by atoms with van der Waals surface area (Å²) in [6.45, 7) is 16.1. The summed E-state index contributed by atoms with van der Waals surface area (Å²) in [7, 11) is -1.38. The fourth-order valence-electron chi connectivity index (χ4n) is 8.04. The van der Waals surface area contributed by atoms with Crippen molar-refractivity contribution in [1.29, 1.82) is 0 Å². The molecule has 0 aliphatic heterocycles. The van der Waals surface area contributed by atoms with Gasteiger partial charge in [-0.1, -0.05) is 45.1 Å². The van der Waals surface area contributed by atoms with Crippen molar-refractivity contribution in [3.63, 3.8) is 0 Å². The van der Waals surface area contributed by atoms with Gasteiger partial charge in [0.05, 0.1) is 19.7 Å². The molecule has 1 spiro atoms. The third-order valence-electron chi connectivity index (χ3n) is 9.16. The van der Waals surface area contributed by atoms with Gasteiger partial charge in [0.2, 0.25) is 0 Å². The number of allylic oxidation sites excluding steroid dienone is 1. The minimum Gasteiger partial charge on any atom is -0.469 e. The Balaban J connectivity index is 1.61. The zero-order chi connectivity index (χ0) is 19.7. The van der Waals surface area contributed by atoms with Gasteiger partial charge < -0.3 is 4.74 Å². The standard InChI is InChI=1S/C24H40O2Si/c1-17-14-24-13-10-19-22(2,20(24)9-8-18(17)15-24)11-7-12-23(19,3)21(25)26-16-27(4,5)6/h18-20H,1,7-16H2,2-6H3/t18-,19+,20+,22-,23-,24-/m1/s1. The molecule has 0 amide bonds. The molecular formula is C24H40O2Si. The van der Waals surface area contributed by atoms with E-state index in [-0.39, 0.29) is 11.4 Å². The number of ether oxygens (including phenoxy) is 1. The molecule has 4 rings (SSSR count). The van der Waals surface area contributed by atoms with E-state index in [4.69, 9.17) is 4.74 Å². The van der Waals surface area contributed by atoms with Crippen LogP contribution in [0.3, 0.4) is 0 Å². The molecule has 27 heavy (non-hydrogen) atoms. The summed E-state index contributed by atoms with van der Waals surface area (Å²) in [6, 6.07) is 0. The molecule has 0 radical (unpaired) electrons. The molecule has 3 heteroatoms. The van der Waals surface area contributed by atoms with E-state index in [1.54, 1.807) is 0 Å². The lowest BCUT2D eigenvalue weighted by Gasteiger charge is -2.63. The minimum absolute atomic E-state index is 0.112. The van der Waals surface area contributed by atoms with E-state index in [2.05, 4.69) is 40.1 Å². The Kier molecular flexibility index (Phi) is 4.54. The Bertz CT molecular complexity index is 649. The molecule has 6 atom stereocenters. The van der Waals surface area contributed by atoms with Crippen LogP contribution in [-0.2, 0) is 9.53 Å². The number of fused-ring (bicyclic) bond motifs is 3. The molecule has 4 fully saturated rings. The summed E-state index contributed by atoms with van der Waals surface area (Å²) in [5.41, 5.74) is 2.07. The highest BCUT2D eigenvalue weighted by atomic mass is 28.3. The van der Waals surface area contributed by atoms with Crippen LogP contribution in [0.4, 0.5) is 0 Å². The maximum absolute atomic E-state index is 13.3. The number of carbonyl (C=O) groups excluding carboxylic acids is 1. The molecule has 0 unspecified atom stereocenters. The largest absolute Gasteiger partial charge is 0.469 e.